The summed E-state index contributed by atoms with van der Waals surface area (Å²) in [6.45, 7) is 5.79. The highest BCUT2D eigenvalue weighted by atomic mass is 32.2. The van der Waals surface area contributed by atoms with Gasteiger partial charge in [0.05, 0.1) is 24.0 Å². The minimum absolute atomic E-state index is 0.0751. The van der Waals surface area contributed by atoms with Crippen molar-refractivity contribution in [2.45, 2.75) is 18.2 Å². The van der Waals surface area contributed by atoms with Crippen molar-refractivity contribution in [3.05, 3.63) is 71.2 Å². The third-order valence-electron chi connectivity index (χ3n) is 4.73. The monoisotopic (exact) mass is 472 g/mol. The normalized spacial score (nSPS) is 16.6. The van der Waals surface area contributed by atoms with E-state index in [1.165, 1.54) is 30.2 Å². The highest BCUT2D eigenvalue weighted by molar-refractivity contribution is 8.19. The molecule has 0 aliphatic carbocycles. The largest absolute Gasteiger partial charge is 0.493 e. The van der Waals surface area contributed by atoms with Crippen molar-refractivity contribution in [3.63, 3.8) is 0 Å². The second kappa shape index (κ2) is 10.1. The number of hydrogen-bond acceptors (Lipinski definition) is 6. The SMILES string of the molecule is C=CCN1C(=O)C(=Cc2ccc(OC)c(OC)c2)SC1=NS(=O)(=O)c1ccc(CC)cc1. The van der Waals surface area contributed by atoms with E-state index in [0.29, 0.717) is 22.0 Å². The fraction of sp³-hybridized carbons (Fsp3) is 0.217. The van der Waals surface area contributed by atoms with Gasteiger partial charge in [-0.25, -0.2) is 0 Å². The van der Waals surface area contributed by atoms with E-state index in [9.17, 15) is 13.2 Å². The first kappa shape index (κ1) is 23.6. The molecule has 1 saturated heterocycles. The zero-order valence-electron chi connectivity index (χ0n) is 18.1. The van der Waals surface area contributed by atoms with Crippen LogP contribution in [0.2, 0.25) is 0 Å². The summed E-state index contributed by atoms with van der Waals surface area (Å²) in [6.07, 6.45) is 3.99. The minimum Gasteiger partial charge on any atom is -0.493 e. The molecular formula is C23H24N2O5S2. The molecule has 0 radical (unpaired) electrons. The van der Waals surface area contributed by atoms with Gasteiger partial charge in [-0.1, -0.05) is 31.2 Å². The van der Waals surface area contributed by atoms with Crippen LogP contribution in [0.4, 0.5) is 0 Å². The summed E-state index contributed by atoms with van der Waals surface area (Å²) in [4.78, 5) is 14.7. The average molecular weight is 473 g/mol. The van der Waals surface area contributed by atoms with E-state index in [1.54, 1.807) is 43.5 Å². The van der Waals surface area contributed by atoms with Crippen LogP contribution < -0.4 is 9.47 Å². The Hall–Kier alpha value is -3.04. The number of amidine groups is 1. The molecule has 2 aromatic rings. The van der Waals surface area contributed by atoms with Gasteiger partial charge in [0, 0.05) is 6.54 Å². The first-order valence-corrected chi connectivity index (χ1v) is 12.1. The van der Waals surface area contributed by atoms with Crippen molar-refractivity contribution in [3.8, 4) is 11.5 Å². The smallest absolute Gasteiger partial charge is 0.284 e. The van der Waals surface area contributed by atoms with Crippen molar-refractivity contribution in [1.29, 1.82) is 0 Å². The maximum Gasteiger partial charge on any atom is 0.284 e. The number of methoxy groups -OCH3 is 2. The molecule has 7 nitrogen and oxygen atoms in total. The van der Waals surface area contributed by atoms with Gasteiger partial charge in [-0.2, -0.15) is 8.42 Å². The molecule has 1 aliphatic heterocycles. The summed E-state index contributed by atoms with van der Waals surface area (Å²) in [7, 11) is -0.917. The number of hydrogen-bond donors (Lipinski definition) is 0. The Morgan fingerprint density at radius 1 is 1.09 bits per heavy atom. The van der Waals surface area contributed by atoms with Crippen LogP contribution in [-0.4, -0.2) is 45.2 Å². The lowest BCUT2D eigenvalue weighted by Gasteiger charge is -2.12. The number of sulfonamides is 1. The number of aryl methyl sites for hydroxylation is 1. The summed E-state index contributed by atoms with van der Waals surface area (Å²) in [5.41, 5.74) is 1.73. The van der Waals surface area contributed by atoms with Crippen LogP contribution in [0.25, 0.3) is 6.08 Å². The molecule has 168 valence electrons. The fourth-order valence-corrected chi connectivity index (χ4v) is 5.20. The number of amides is 1. The summed E-state index contributed by atoms with van der Waals surface area (Å²) in [6, 6.07) is 11.8. The van der Waals surface area contributed by atoms with Crippen LogP contribution >= 0.6 is 11.8 Å². The molecule has 0 unspecified atom stereocenters. The van der Waals surface area contributed by atoms with Crippen LogP contribution in [-0.2, 0) is 21.2 Å². The van der Waals surface area contributed by atoms with Crippen molar-refractivity contribution in [2.75, 3.05) is 20.8 Å². The van der Waals surface area contributed by atoms with E-state index < -0.39 is 10.0 Å². The van der Waals surface area contributed by atoms with Crippen LogP contribution in [0.3, 0.4) is 0 Å². The van der Waals surface area contributed by atoms with E-state index in [1.807, 2.05) is 6.92 Å². The van der Waals surface area contributed by atoms with E-state index in [0.717, 1.165) is 23.7 Å². The van der Waals surface area contributed by atoms with E-state index in [-0.39, 0.29) is 22.5 Å². The molecule has 0 N–H and O–H groups in total. The quantitative estimate of drug-likeness (QED) is 0.425. The van der Waals surface area contributed by atoms with E-state index >= 15 is 0 Å². The number of carbonyl (C=O) groups is 1. The first-order valence-electron chi connectivity index (χ1n) is 9.81. The lowest BCUT2D eigenvalue weighted by molar-refractivity contribution is -0.121. The molecule has 9 heteroatoms. The van der Waals surface area contributed by atoms with Gasteiger partial charge < -0.3 is 9.47 Å². The molecule has 1 fully saturated rings. The molecular weight excluding hydrogens is 448 g/mol. The average Bonchev–Trinajstić information content (AvgIpc) is 3.07. The Bertz CT molecular complexity index is 1190. The standard InChI is InChI=1S/C23H24N2O5S2/c1-5-13-25-22(26)21(15-17-9-12-19(29-3)20(14-17)30-4)31-23(25)24-32(27,28)18-10-7-16(6-2)8-11-18/h5,7-12,14-15H,1,6,13H2,2-4H3. The lowest BCUT2D eigenvalue weighted by Crippen LogP contribution is -2.29. The van der Waals surface area contributed by atoms with Crippen LogP contribution in [0.1, 0.15) is 18.1 Å². The predicted octanol–water partition coefficient (Wildman–Crippen LogP) is 4.11. The van der Waals surface area contributed by atoms with E-state index in [2.05, 4.69) is 11.0 Å². The van der Waals surface area contributed by atoms with Gasteiger partial charge in [0.2, 0.25) is 0 Å². The van der Waals surface area contributed by atoms with Crippen LogP contribution in [0.15, 0.2) is 69.3 Å². The molecule has 0 bridgehead atoms. The Balaban J connectivity index is 1.97. The summed E-state index contributed by atoms with van der Waals surface area (Å²) < 4.78 is 40.2. The maximum absolute atomic E-state index is 13.0. The topological polar surface area (TPSA) is 85.3 Å². The number of carbonyl (C=O) groups excluding carboxylic acids is 1. The summed E-state index contributed by atoms with van der Waals surface area (Å²) >= 11 is 1.00. The molecule has 0 saturated carbocycles. The first-order chi connectivity index (χ1) is 15.3. The van der Waals surface area contributed by atoms with Crippen LogP contribution in [0, 0.1) is 0 Å². The zero-order chi connectivity index (χ0) is 23.3. The lowest BCUT2D eigenvalue weighted by atomic mass is 10.2. The number of ether oxygens (including phenoxy) is 2. The fourth-order valence-electron chi connectivity index (χ4n) is 3.01. The Morgan fingerprint density at radius 3 is 2.38 bits per heavy atom. The molecule has 1 amide bonds. The van der Waals surface area contributed by atoms with Gasteiger partial charge >= 0.3 is 0 Å². The second-order valence-corrected chi connectivity index (χ2v) is 9.39. The predicted molar refractivity (Wildman–Crippen MR) is 127 cm³/mol. The minimum atomic E-state index is -3.98. The van der Waals surface area contributed by atoms with Crippen LogP contribution in [0.5, 0.6) is 11.5 Å². The third kappa shape index (κ3) is 5.05. The molecule has 0 spiro atoms. The maximum atomic E-state index is 13.0. The van der Waals surface area contributed by atoms with Gasteiger partial charge in [-0.05, 0) is 59.7 Å². The number of thioether (sulfide) groups is 1. The second-order valence-electron chi connectivity index (χ2n) is 6.78. The zero-order valence-corrected chi connectivity index (χ0v) is 19.7. The van der Waals surface area contributed by atoms with Gasteiger partial charge in [0.25, 0.3) is 15.9 Å². The Labute approximate surface area is 192 Å². The molecule has 2 aromatic carbocycles. The summed E-state index contributed by atoms with van der Waals surface area (Å²) in [5, 5.41) is 0.0844. The van der Waals surface area contributed by atoms with Gasteiger partial charge in [-0.3, -0.25) is 9.69 Å². The molecule has 0 aromatic heterocycles. The van der Waals surface area contributed by atoms with Crippen molar-refractivity contribution < 1.29 is 22.7 Å². The van der Waals surface area contributed by atoms with Gasteiger partial charge in [0.1, 0.15) is 0 Å². The number of benzene rings is 2. The molecule has 3 rings (SSSR count). The third-order valence-corrected chi connectivity index (χ3v) is 7.14. The number of rotatable bonds is 8. The van der Waals surface area contributed by atoms with Crippen molar-refractivity contribution >= 4 is 38.9 Å². The molecule has 0 atom stereocenters. The number of nitrogens with zero attached hydrogens (tertiary/aromatic N) is 2. The molecule has 1 heterocycles. The highest BCUT2D eigenvalue weighted by Gasteiger charge is 2.34. The van der Waals surface area contributed by atoms with Gasteiger partial charge in [-0.15, -0.1) is 11.0 Å². The van der Waals surface area contributed by atoms with Gasteiger partial charge in [0.15, 0.2) is 16.7 Å². The van der Waals surface area contributed by atoms with E-state index in [4.69, 9.17) is 9.47 Å². The summed E-state index contributed by atoms with van der Waals surface area (Å²) in [5.74, 6) is 0.739. The van der Waals surface area contributed by atoms with Crippen molar-refractivity contribution in [2.24, 2.45) is 4.40 Å². The Kier molecular flexibility index (Phi) is 7.42. The van der Waals surface area contributed by atoms with Crippen molar-refractivity contribution in [1.82, 2.24) is 4.90 Å². The Morgan fingerprint density at radius 2 is 1.78 bits per heavy atom. The highest BCUT2D eigenvalue weighted by Crippen LogP contribution is 2.35. The molecule has 1 aliphatic rings. The molecule has 32 heavy (non-hydrogen) atoms.